The number of benzene rings is 1. The molecule has 0 radical (unpaired) electrons. The minimum Gasteiger partial charge on any atom is -0.389 e. The van der Waals surface area contributed by atoms with Crippen LogP contribution < -0.4 is 0 Å². The van der Waals surface area contributed by atoms with E-state index in [9.17, 15) is 9.90 Å². The monoisotopic (exact) mass is 290 g/mol. The molecule has 0 bridgehead atoms. The number of hydrogen-bond donors (Lipinski definition) is 1. The fraction of sp³-hybridized carbons (Fsp3) is 0.588. The van der Waals surface area contributed by atoms with Gasteiger partial charge >= 0.3 is 0 Å². The molecular weight excluding hydrogens is 264 g/mol. The molecule has 0 aliphatic carbocycles. The average molecular weight is 290 g/mol. The van der Waals surface area contributed by atoms with Crippen LogP contribution in [-0.4, -0.2) is 52.6 Å². The molecule has 1 aliphatic rings. The fourth-order valence-electron chi connectivity index (χ4n) is 2.88. The third kappa shape index (κ3) is 4.05. The highest BCUT2D eigenvalue weighted by atomic mass is 16.3. The first-order valence-corrected chi connectivity index (χ1v) is 7.56. The SMILES string of the molecule is CC(C(=O)N1CCc2ccccc2C1)N(C)CC(C)(C)O. The molecule has 0 saturated heterocycles. The van der Waals surface area contributed by atoms with Crippen molar-refractivity contribution in [2.45, 2.75) is 45.4 Å². The first-order chi connectivity index (χ1) is 9.78. The van der Waals surface area contributed by atoms with Crippen molar-refractivity contribution in [2.75, 3.05) is 20.1 Å². The second-order valence-electron chi connectivity index (χ2n) is 6.68. The van der Waals surface area contributed by atoms with Crippen LogP contribution in [0.2, 0.25) is 0 Å². The van der Waals surface area contributed by atoms with E-state index in [0.717, 1.165) is 13.0 Å². The lowest BCUT2D eigenvalue weighted by atomic mass is 9.99. The third-order valence-corrected chi connectivity index (χ3v) is 4.10. The fourth-order valence-corrected chi connectivity index (χ4v) is 2.88. The van der Waals surface area contributed by atoms with Crippen molar-refractivity contribution < 1.29 is 9.90 Å². The second-order valence-corrected chi connectivity index (χ2v) is 6.68. The van der Waals surface area contributed by atoms with Crippen LogP contribution in [0.3, 0.4) is 0 Å². The molecule has 1 heterocycles. The molecule has 1 aromatic carbocycles. The van der Waals surface area contributed by atoms with Gasteiger partial charge in [0.05, 0.1) is 11.6 Å². The normalized spacial score (nSPS) is 16.8. The van der Waals surface area contributed by atoms with E-state index in [2.05, 4.69) is 18.2 Å². The molecule has 4 heteroatoms. The molecule has 0 fully saturated rings. The number of hydrogen-bond acceptors (Lipinski definition) is 3. The van der Waals surface area contributed by atoms with Crippen LogP contribution in [0.15, 0.2) is 24.3 Å². The number of carbonyl (C=O) groups is 1. The molecule has 1 N–H and O–H groups in total. The van der Waals surface area contributed by atoms with Gasteiger partial charge in [0, 0.05) is 19.6 Å². The van der Waals surface area contributed by atoms with Gasteiger partial charge in [-0.1, -0.05) is 24.3 Å². The van der Waals surface area contributed by atoms with E-state index in [0.29, 0.717) is 13.1 Å². The molecule has 2 rings (SSSR count). The predicted octanol–water partition coefficient (Wildman–Crippen LogP) is 1.66. The summed E-state index contributed by atoms with van der Waals surface area (Å²) in [5.41, 5.74) is 1.80. The van der Waals surface area contributed by atoms with Gasteiger partial charge in [0.15, 0.2) is 0 Å². The zero-order valence-electron chi connectivity index (χ0n) is 13.5. The number of carbonyl (C=O) groups excluding carboxylic acids is 1. The molecule has 1 aliphatic heterocycles. The summed E-state index contributed by atoms with van der Waals surface area (Å²) in [5, 5.41) is 9.89. The van der Waals surface area contributed by atoms with Gasteiger partial charge in [-0.2, -0.15) is 0 Å². The van der Waals surface area contributed by atoms with Crippen molar-refractivity contribution in [1.29, 1.82) is 0 Å². The molecule has 1 amide bonds. The van der Waals surface area contributed by atoms with E-state index in [4.69, 9.17) is 0 Å². The van der Waals surface area contributed by atoms with Crippen LogP contribution in [0.5, 0.6) is 0 Å². The summed E-state index contributed by atoms with van der Waals surface area (Å²) in [6.45, 7) is 7.38. The van der Waals surface area contributed by atoms with Crippen LogP contribution >= 0.6 is 0 Å². The van der Waals surface area contributed by atoms with Gasteiger partial charge in [-0.05, 0) is 45.4 Å². The highest BCUT2D eigenvalue weighted by molar-refractivity contribution is 5.81. The quantitative estimate of drug-likeness (QED) is 0.917. The van der Waals surface area contributed by atoms with E-state index < -0.39 is 5.60 Å². The first-order valence-electron chi connectivity index (χ1n) is 7.56. The molecule has 1 atom stereocenters. The molecule has 0 spiro atoms. The van der Waals surface area contributed by atoms with Crippen LogP contribution in [0.1, 0.15) is 31.9 Å². The van der Waals surface area contributed by atoms with Crippen molar-refractivity contribution in [2.24, 2.45) is 0 Å². The van der Waals surface area contributed by atoms with Gasteiger partial charge in [-0.25, -0.2) is 0 Å². The molecule has 21 heavy (non-hydrogen) atoms. The van der Waals surface area contributed by atoms with Crippen molar-refractivity contribution in [3.63, 3.8) is 0 Å². The largest absolute Gasteiger partial charge is 0.389 e. The molecule has 0 aromatic heterocycles. The Bertz CT molecular complexity index is 508. The minimum absolute atomic E-state index is 0.135. The Kier molecular flexibility index (Phi) is 4.69. The number of likely N-dealkylation sites (N-methyl/N-ethyl adjacent to an activating group) is 1. The predicted molar refractivity (Wildman–Crippen MR) is 84.0 cm³/mol. The van der Waals surface area contributed by atoms with Crippen LogP contribution in [0, 0.1) is 0 Å². The maximum atomic E-state index is 12.6. The highest BCUT2D eigenvalue weighted by Gasteiger charge is 2.28. The van der Waals surface area contributed by atoms with Gasteiger partial charge in [0.2, 0.25) is 5.91 Å². The molecule has 4 nitrogen and oxygen atoms in total. The number of aliphatic hydroxyl groups is 1. The number of fused-ring (bicyclic) bond motifs is 1. The van der Waals surface area contributed by atoms with E-state index >= 15 is 0 Å². The summed E-state index contributed by atoms with van der Waals surface area (Å²) in [7, 11) is 1.89. The van der Waals surface area contributed by atoms with Crippen molar-refractivity contribution in [1.82, 2.24) is 9.80 Å². The molecule has 1 aromatic rings. The summed E-state index contributed by atoms with van der Waals surface area (Å²) in [6.07, 6.45) is 0.920. The Morgan fingerprint density at radius 2 is 2.00 bits per heavy atom. The summed E-state index contributed by atoms with van der Waals surface area (Å²) >= 11 is 0. The lowest BCUT2D eigenvalue weighted by Gasteiger charge is -2.35. The zero-order chi connectivity index (χ0) is 15.6. The van der Waals surface area contributed by atoms with Crippen molar-refractivity contribution >= 4 is 5.91 Å². The molecular formula is C17H26N2O2. The van der Waals surface area contributed by atoms with E-state index in [-0.39, 0.29) is 11.9 Å². The molecule has 1 unspecified atom stereocenters. The Morgan fingerprint density at radius 3 is 2.62 bits per heavy atom. The second kappa shape index (κ2) is 6.16. The lowest BCUT2D eigenvalue weighted by Crippen LogP contribution is -2.50. The van der Waals surface area contributed by atoms with Crippen LogP contribution in [0.4, 0.5) is 0 Å². The van der Waals surface area contributed by atoms with E-state index in [1.165, 1.54) is 11.1 Å². The maximum Gasteiger partial charge on any atom is 0.239 e. The Balaban J connectivity index is 2.01. The highest BCUT2D eigenvalue weighted by Crippen LogP contribution is 2.20. The Morgan fingerprint density at radius 1 is 1.38 bits per heavy atom. The summed E-state index contributed by atoms with van der Waals surface area (Å²) in [6, 6.07) is 8.09. The van der Waals surface area contributed by atoms with E-state index in [1.807, 2.05) is 29.8 Å². The van der Waals surface area contributed by atoms with Crippen LogP contribution in [-0.2, 0) is 17.8 Å². The van der Waals surface area contributed by atoms with Gasteiger partial charge in [-0.3, -0.25) is 9.69 Å². The van der Waals surface area contributed by atoms with E-state index in [1.54, 1.807) is 13.8 Å². The maximum absolute atomic E-state index is 12.6. The Labute approximate surface area is 127 Å². The standard InChI is InChI=1S/C17H26N2O2/c1-13(18(4)12-17(2,3)21)16(20)19-10-9-14-7-5-6-8-15(14)11-19/h5-8,13,21H,9-12H2,1-4H3. The average Bonchev–Trinajstić information content (AvgIpc) is 2.43. The molecule has 116 valence electrons. The zero-order valence-corrected chi connectivity index (χ0v) is 13.5. The Hall–Kier alpha value is -1.39. The molecule has 0 saturated carbocycles. The topological polar surface area (TPSA) is 43.8 Å². The summed E-state index contributed by atoms with van der Waals surface area (Å²) < 4.78 is 0. The van der Waals surface area contributed by atoms with Crippen molar-refractivity contribution in [3.05, 3.63) is 35.4 Å². The van der Waals surface area contributed by atoms with Crippen molar-refractivity contribution in [3.8, 4) is 0 Å². The summed E-state index contributed by atoms with van der Waals surface area (Å²) in [4.78, 5) is 16.5. The number of nitrogens with zero attached hydrogens (tertiary/aromatic N) is 2. The minimum atomic E-state index is -0.794. The summed E-state index contributed by atoms with van der Waals surface area (Å²) in [5.74, 6) is 0.135. The number of amides is 1. The smallest absolute Gasteiger partial charge is 0.239 e. The van der Waals surface area contributed by atoms with Crippen LogP contribution in [0.25, 0.3) is 0 Å². The third-order valence-electron chi connectivity index (χ3n) is 4.10. The number of rotatable bonds is 4. The van der Waals surface area contributed by atoms with Gasteiger partial charge in [-0.15, -0.1) is 0 Å². The lowest BCUT2D eigenvalue weighted by molar-refractivity contribution is -0.137. The van der Waals surface area contributed by atoms with Gasteiger partial charge in [0.25, 0.3) is 0 Å². The van der Waals surface area contributed by atoms with Gasteiger partial charge in [0.1, 0.15) is 0 Å². The first kappa shape index (κ1) is 16.0. The van der Waals surface area contributed by atoms with Gasteiger partial charge < -0.3 is 10.0 Å².